The maximum atomic E-state index is 12.8. The Morgan fingerprint density at radius 2 is 2.06 bits per heavy atom. The summed E-state index contributed by atoms with van der Waals surface area (Å²) in [7, 11) is 1.59. The van der Waals surface area contributed by atoms with E-state index in [2.05, 4.69) is 16.0 Å². The van der Waals surface area contributed by atoms with Crippen LogP contribution in [0.1, 0.15) is 56.0 Å². The van der Waals surface area contributed by atoms with Crippen molar-refractivity contribution in [2.45, 2.75) is 52.0 Å². The molecule has 0 bridgehead atoms. The van der Waals surface area contributed by atoms with Crippen LogP contribution in [0.4, 0.5) is 17.2 Å². The van der Waals surface area contributed by atoms with Crippen LogP contribution < -0.4 is 9.80 Å². The van der Waals surface area contributed by atoms with Gasteiger partial charge >= 0.3 is 0 Å². The second-order valence-electron chi connectivity index (χ2n) is 9.28. The monoisotopic (exact) mass is 476 g/mol. The van der Waals surface area contributed by atoms with Gasteiger partial charge in [-0.15, -0.1) is 0 Å². The lowest BCUT2D eigenvalue weighted by Gasteiger charge is -2.41. The minimum absolute atomic E-state index is 0.0148. The highest BCUT2D eigenvalue weighted by Gasteiger charge is 2.35. The first-order chi connectivity index (χ1) is 16.8. The van der Waals surface area contributed by atoms with Gasteiger partial charge in [-0.05, 0) is 44.9 Å². The molecule has 0 N–H and O–H groups in total. The molecule has 4 rings (SSSR count). The predicted octanol–water partition coefficient (Wildman–Crippen LogP) is 3.29. The number of anilines is 3. The van der Waals surface area contributed by atoms with Crippen molar-refractivity contribution in [2.24, 2.45) is 0 Å². The third-order valence-corrected chi connectivity index (χ3v) is 6.56. The van der Waals surface area contributed by atoms with Crippen LogP contribution in [-0.4, -0.2) is 66.1 Å². The van der Waals surface area contributed by atoms with Gasteiger partial charge in [0.25, 0.3) is 0 Å². The Labute approximate surface area is 206 Å². The van der Waals surface area contributed by atoms with Crippen LogP contribution in [0.2, 0.25) is 0 Å². The zero-order valence-corrected chi connectivity index (χ0v) is 20.8. The lowest BCUT2D eigenvalue weighted by molar-refractivity contribution is -0.134. The maximum Gasteiger partial charge on any atom is 0.228 e. The minimum atomic E-state index is -0.146. The number of nitrogens with zero attached hydrogens (tertiary/aromatic N) is 6. The quantitative estimate of drug-likeness (QED) is 0.604. The van der Waals surface area contributed by atoms with Crippen molar-refractivity contribution in [1.29, 1.82) is 5.26 Å². The first-order valence-electron chi connectivity index (χ1n) is 12.1. The fourth-order valence-corrected chi connectivity index (χ4v) is 4.68. The van der Waals surface area contributed by atoms with Gasteiger partial charge in [-0.3, -0.25) is 19.5 Å². The summed E-state index contributed by atoms with van der Waals surface area (Å²) < 4.78 is 5.05. The van der Waals surface area contributed by atoms with Gasteiger partial charge in [0.15, 0.2) is 0 Å². The summed E-state index contributed by atoms with van der Waals surface area (Å²) >= 11 is 0. The number of hydrogen-bond donors (Lipinski definition) is 0. The van der Waals surface area contributed by atoms with Crippen molar-refractivity contribution in [1.82, 2.24) is 14.9 Å². The van der Waals surface area contributed by atoms with Crippen LogP contribution in [-0.2, 0) is 14.3 Å². The molecule has 2 aromatic heterocycles. The Bertz CT molecular complexity index is 1160. The van der Waals surface area contributed by atoms with Gasteiger partial charge in [0, 0.05) is 57.5 Å². The first-order valence-corrected chi connectivity index (χ1v) is 12.1. The van der Waals surface area contributed by atoms with Crippen LogP contribution in [0, 0.1) is 18.3 Å². The summed E-state index contributed by atoms with van der Waals surface area (Å²) in [5.74, 6) is 0.818. The van der Waals surface area contributed by atoms with Crippen LogP contribution >= 0.6 is 0 Å². The average Bonchev–Trinajstić information content (AvgIpc) is 3.67. The molecule has 9 nitrogen and oxygen atoms in total. The maximum absolute atomic E-state index is 12.8. The number of pyridine rings is 2. The van der Waals surface area contributed by atoms with E-state index >= 15 is 0 Å². The number of amides is 2. The summed E-state index contributed by atoms with van der Waals surface area (Å²) in [4.78, 5) is 40.2. The largest absolute Gasteiger partial charge is 0.384 e. The molecule has 1 aliphatic heterocycles. The topological polar surface area (TPSA) is 103 Å². The zero-order valence-electron chi connectivity index (χ0n) is 20.8. The normalized spacial score (nSPS) is 17.7. The molecular weight excluding hydrogens is 444 g/mol. The summed E-state index contributed by atoms with van der Waals surface area (Å²) in [6.07, 6.45) is 4.05. The number of carbonyl (C=O) groups excluding carboxylic acids is 2. The van der Waals surface area contributed by atoms with Gasteiger partial charge in [0.1, 0.15) is 11.9 Å². The van der Waals surface area contributed by atoms with Gasteiger partial charge in [-0.1, -0.05) is 0 Å². The Kier molecular flexibility index (Phi) is 7.31. The Balaban J connectivity index is 1.68. The second kappa shape index (κ2) is 10.4. The van der Waals surface area contributed by atoms with Crippen molar-refractivity contribution in [3.63, 3.8) is 0 Å². The molecule has 1 atom stereocenters. The third kappa shape index (κ3) is 5.28. The molecule has 2 fully saturated rings. The number of aryl methyl sites for hydroxylation is 1. The molecule has 1 saturated carbocycles. The highest BCUT2D eigenvalue weighted by Crippen LogP contribution is 2.46. The molecule has 1 saturated heterocycles. The summed E-state index contributed by atoms with van der Waals surface area (Å²) in [5, 5.41) is 10.0. The van der Waals surface area contributed by atoms with E-state index in [1.165, 1.54) is 6.92 Å². The van der Waals surface area contributed by atoms with Crippen LogP contribution in [0.3, 0.4) is 0 Å². The molecular formula is C26H32N6O3. The third-order valence-electron chi connectivity index (χ3n) is 6.56. The standard InChI is InChI=1S/C26H32N6O3/c1-17-13-22(7-9-28-17)32(19(3)33)23-14-21(15-27)26(29-25(23)20-5-6-20)30-10-11-31(18(2)16-30)24(34)8-12-35-4/h7,9,13-14,18,20H,5-6,8,10-12,16H2,1-4H3/t18-/m1/s1. The van der Waals surface area contributed by atoms with Crippen LogP contribution in [0.25, 0.3) is 0 Å². The molecule has 0 radical (unpaired) electrons. The zero-order chi connectivity index (χ0) is 25.1. The van der Waals surface area contributed by atoms with Crippen LogP contribution in [0.5, 0.6) is 0 Å². The number of piperazine rings is 1. The highest BCUT2D eigenvalue weighted by molar-refractivity contribution is 6.00. The molecule has 9 heteroatoms. The lowest BCUT2D eigenvalue weighted by Crippen LogP contribution is -2.54. The number of hydrogen-bond acceptors (Lipinski definition) is 7. The van der Waals surface area contributed by atoms with Crippen molar-refractivity contribution in [3.8, 4) is 6.07 Å². The van der Waals surface area contributed by atoms with Crippen molar-refractivity contribution in [3.05, 3.63) is 41.3 Å². The Morgan fingerprint density at radius 3 is 2.66 bits per heavy atom. The molecule has 0 spiro atoms. The predicted molar refractivity (Wildman–Crippen MR) is 133 cm³/mol. The number of aromatic nitrogens is 2. The van der Waals surface area contributed by atoms with Crippen molar-refractivity contribution < 1.29 is 14.3 Å². The molecule has 35 heavy (non-hydrogen) atoms. The highest BCUT2D eigenvalue weighted by atomic mass is 16.5. The molecule has 1 aliphatic carbocycles. The van der Waals surface area contributed by atoms with E-state index in [0.29, 0.717) is 55.4 Å². The van der Waals surface area contributed by atoms with E-state index in [4.69, 9.17) is 9.72 Å². The number of ether oxygens (including phenoxy) is 1. The number of rotatable bonds is 7. The van der Waals surface area contributed by atoms with Crippen LogP contribution in [0.15, 0.2) is 24.4 Å². The fourth-order valence-electron chi connectivity index (χ4n) is 4.68. The molecule has 184 valence electrons. The number of methoxy groups -OCH3 is 1. The molecule has 2 aromatic rings. The Hall–Kier alpha value is -3.51. The number of nitriles is 1. The molecule has 0 unspecified atom stereocenters. The van der Waals surface area contributed by atoms with E-state index in [1.54, 1.807) is 30.3 Å². The van der Waals surface area contributed by atoms with E-state index in [1.807, 2.05) is 24.8 Å². The molecule has 2 aliphatic rings. The van der Waals surface area contributed by atoms with Crippen molar-refractivity contribution in [2.75, 3.05) is 43.2 Å². The summed E-state index contributed by atoms with van der Waals surface area (Å²) in [6.45, 7) is 7.56. The van der Waals surface area contributed by atoms with Gasteiger partial charge in [-0.25, -0.2) is 4.98 Å². The van der Waals surface area contributed by atoms with Gasteiger partial charge < -0.3 is 14.5 Å². The SMILES string of the molecule is COCCC(=O)N1CCN(c2nc(C3CC3)c(N(C(C)=O)c3ccnc(C)c3)cc2C#N)C[C@H]1C. The summed E-state index contributed by atoms with van der Waals surface area (Å²) in [5.41, 5.74) is 3.44. The van der Waals surface area contributed by atoms with E-state index in [-0.39, 0.29) is 23.8 Å². The van der Waals surface area contributed by atoms with E-state index < -0.39 is 0 Å². The average molecular weight is 477 g/mol. The van der Waals surface area contributed by atoms with Gasteiger partial charge in [0.05, 0.1) is 35.7 Å². The molecule has 0 aromatic carbocycles. The second-order valence-corrected chi connectivity index (χ2v) is 9.28. The van der Waals surface area contributed by atoms with Gasteiger partial charge in [0.2, 0.25) is 11.8 Å². The smallest absolute Gasteiger partial charge is 0.228 e. The van der Waals surface area contributed by atoms with Crippen molar-refractivity contribution >= 4 is 29.0 Å². The minimum Gasteiger partial charge on any atom is -0.384 e. The lowest BCUT2D eigenvalue weighted by atomic mass is 10.1. The Morgan fingerprint density at radius 1 is 1.29 bits per heavy atom. The fraction of sp³-hybridized carbons (Fsp3) is 0.500. The summed E-state index contributed by atoms with van der Waals surface area (Å²) in [6, 6.07) is 7.75. The first kappa shape index (κ1) is 24.6. The van der Waals surface area contributed by atoms with E-state index in [9.17, 15) is 14.9 Å². The van der Waals surface area contributed by atoms with E-state index in [0.717, 1.165) is 24.2 Å². The number of carbonyl (C=O) groups is 2. The molecule has 2 amide bonds. The molecule has 3 heterocycles. The van der Waals surface area contributed by atoms with Gasteiger partial charge in [-0.2, -0.15) is 5.26 Å².